The quantitative estimate of drug-likeness (QED) is 0.709. The molecule has 0 aliphatic heterocycles. The first-order valence-electron chi connectivity index (χ1n) is 8.22. The molecule has 0 atom stereocenters. The van der Waals surface area contributed by atoms with E-state index < -0.39 is 16.0 Å². The smallest absolute Gasteiger partial charge is 0.338 e. The molecule has 0 amide bonds. The van der Waals surface area contributed by atoms with Crippen LogP contribution in [-0.4, -0.2) is 31.8 Å². The highest BCUT2D eigenvalue weighted by atomic mass is 32.2. The van der Waals surface area contributed by atoms with E-state index in [2.05, 4.69) is 0 Å². The lowest BCUT2D eigenvalue weighted by atomic mass is 10.1. The summed E-state index contributed by atoms with van der Waals surface area (Å²) in [6.45, 7) is 6.52. The van der Waals surface area contributed by atoms with Gasteiger partial charge in [-0.15, -0.1) is 0 Å². The zero-order chi connectivity index (χ0) is 18.4. The van der Waals surface area contributed by atoms with Gasteiger partial charge in [0.25, 0.3) is 0 Å². The number of hydrogen-bond donors (Lipinski definition) is 0. The molecule has 0 fully saturated rings. The van der Waals surface area contributed by atoms with Crippen LogP contribution >= 0.6 is 0 Å². The number of nitrogens with zero attached hydrogens (tertiary/aromatic N) is 1. The van der Waals surface area contributed by atoms with Crippen LogP contribution in [0.5, 0.6) is 0 Å². The summed E-state index contributed by atoms with van der Waals surface area (Å²) in [7, 11) is -3.52. The third-order valence-electron chi connectivity index (χ3n) is 4.05. The van der Waals surface area contributed by atoms with Gasteiger partial charge in [0.15, 0.2) is 0 Å². The van der Waals surface area contributed by atoms with Crippen LogP contribution in [-0.2, 0) is 21.4 Å². The Morgan fingerprint density at radius 1 is 1.00 bits per heavy atom. The Balaban J connectivity index is 2.09. The number of ether oxygens (including phenoxy) is 1. The van der Waals surface area contributed by atoms with Crippen molar-refractivity contribution >= 4 is 16.0 Å². The number of aryl methyl sites for hydroxylation is 1. The average Bonchev–Trinajstić information content (AvgIpc) is 2.61. The van der Waals surface area contributed by atoms with Crippen molar-refractivity contribution in [2.45, 2.75) is 32.3 Å². The molecule has 6 heteroatoms. The first kappa shape index (κ1) is 19.1. The lowest BCUT2D eigenvalue weighted by Gasteiger charge is -2.18. The van der Waals surface area contributed by atoms with Gasteiger partial charge in [0.05, 0.1) is 10.5 Å². The zero-order valence-electron chi connectivity index (χ0n) is 14.7. The second-order valence-electron chi connectivity index (χ2n) is 5.62. The summed E-state index contributed by atoms with van der Waals surface area (Å²) >= 11 is 0. The molecule has 0 aliphatic carbocycles. The third-order valence-corrected chi connectivity index (χ3v) is 6.12. The molecule has 0 saturated carbocycles. The lowest BCUT2D eigenvalue weighted by molar-refractivity contribution is 0.0472. The van der Waals surface area contributed by atoms with Gasteiger partial charge in [0.2, 0.25) is 10.0 Å². The van der Waals surface area contributed by atoms with E-state index in [0.29, 0.717) is 18.7 Å². The van der Waals surface area contributed by atoms with E-state index in [1.54, 1.807) is 13.8 Å². The Hall–Kier alpha value is -2.18. The highest BCUT2D eigenvalue weighted by molar-refractivity contribution is 7.89. The maximum absolute atomic E-state index is 12.4. The number of esters is 1. The van der Waals surface area contributed by atoms with E-state index in [4.69, 9.17) is 4.74 Å². The molecule has 0 spiro atoms. The molecule has 0 bridgehead atoms. The molecule has 0 unspecified atom stereocenters. The van der Waals surface area contributed by atoms with Crippen molar-refractivity contribution < 1.29 is 17.9 Å². The molecule has 5 nitrogen and oxygen atoms in total. The fourth-order valence-electron chi connectivity index (χ4n) is 2.47. The summed E-state index contributed by atoms with van der Waals surface area (Å²) in [5.41, 5.74) is 2.32. The summed E-state index contributed by atoms with van der Waals surface area (Å²) in [6.07, 6.45) is 0. The second kappa shape index (κ2) is 8.27. The van der Waals surface area contributed by atoms with Gasteiger partial charge in [-0.2, -0.15) is 4.31 Å². The second-order valence-corrected chi connectivity index (χ2v) is 7.55. The molecular weight excluding hydrogens is 338 g/mol. The molecule has 0 N–H and O–H groups in total. The van der Waals surface area contributed by atoms with Gasteiger partial charge in [-0.05, 0) is 42.3 Å². The fourth-order valence-corrected chi connectivity index (χ4v) is 3.93. The minimum atomic E-state index is -3.52. The molecule has 134 valence electrons. The Morgan fingerprint density at radius 3 is 2.16 bits per heavy atom. The number of rotatable bonds is 7. The minimum absolute atomic E-state index is 0.173. The van der Waals surface area contributed by atoms with E-state index in [-0.39, 0.29) is 11.5 Å². The van der Waals surface area contributed by atoms with Crippen molar-refractivity contribution in [2.24, 2.45) is 0 Å². The summed E-state index contributed by atoms with van der Waals surface area (Å²) in [5, 5.41) is 0. The van der Waals surface area contributed by atoms with Crippen LogP contribution in [0.2, 0.25) is 0 Å². The number of sulfonamides is 1. The fraction of sp³-hybridized carbons (Fsp3) is 0.316. The normalized spacial score (nSPS) is 11.5. The Bertz CT molecular complexity index is 825. The van der Waals surface area contributed by atoms with E-state index in [1.807, 2.05) is 31.2 Å². The van der Waals surface area contributed by atoms with Gasteiger partial charge in [0.1, 0.15) is 6.61 Å². The molecule has 0 heterocycles. The summed E-state index contributed by atoms with van der Waals surface area (Å²) in [6, 6.07) is 13.5. The van der Waals surface area contributed by atoms with E-state index in [0.717, 1.165) is 11.1 Å². The highest BCUT2D eigenvalue weighted by Gasteiger charge is 2.21. The molecule has 2 rings (SSSR count). The third kappa shape index (κ3) is 4.46. The summed E-state index contributed by atoms with van der Waals surface area (Å²) < 4.78 is 31.6. The number of benzene rings is 2. The van der Waals surface area contributed by atoms with Crippen molar-refractivity contribution in [2.75, 3.05) is 13.1 Å². The SMILES string of the molecule is CCN(CC)S(=O)(=O)c1ccc(C(=O)OCc2ccccc2C)cc1. The maximum Gasteiger partial charge on any atom is 0.338 e. The van der Waals surface area contributed by atoms with Crippen LogP contribution < -0.4 is 0 Å². The average molecular weight is 361 g/mol. The number of hydrogen-bond acceptors (Lipinski definition) is 4. The predicted octanol–water partition coefficient (Wildman–Crippen LogP) is 3.38. The van der Waals surface area contributed by atoms with Gasteiger partial charge in [-0.1, -0.05) is 38.1 Å². The molecule has 0 aliphatic rings. The van der Waals surface area contributed by atoms with Gasteiger partial charge in [0, 0.05) is 13.1 Å². The van der Waals surface area contributed by atoms with Crippen molar-refractivity contribution in [3.8, 4) is 0 Å². The standard InChI is InChI=1S/C19H23NO4S/c1-4-20(5-2)25(22,23)18-12-10-16(11-13-18)19(21)24-14-17-9-7-6-8-15(17)3/h6-13H,4-5,14H2,1-3H3. The predicted molar refractivity (Wildman–Crippen MR) is 96.8 cm³/mol. The Labute approximate surface area is 149 Å². The van der Waals surface area contributed by atoms with Crippen molar-refractivity contribution in [3.05, 3.63) is 65.2 Å². The molecule has 0 saturated heterocycles. The van der Waals surface area contributed by atoms with E-state index in [1.165, 1.54) is 28.6 Å². The Morgan fingerprint density at radius 2 is 1.60 bits per heavy atom. The van der Waals surface area contributed by atoms with Gasteiger partial charge in [-0.25, -0.2) is 13.2 Å². The van der Waals surface area contributed by atoms with E-state index in [9.17, 15) is 13.2 Å². The topological polar surface area (TPSA) is 63.7 Å². The van der Waals surface area contributed by atoms with E-state index >= 15 is 0 Å². The van der Waals surface area contributed by atoms with Gasteiger partial charge >= 0.3 is 5.97 Å². The molecule has 0 radical (unpaired) electrons. The zero-order valence-corrected chi connectivity index (χ0v) is 15.5. The number of carbonyl (C=O) groups is 1. The van der Waals surface area contributed by atoms with Crippen molar-refractivity contribution in [1.29, 1.82) is 0 Å². The van der Waals surface area contributed by atoms with Gasteiger partial charge < -0.3 is 4.74 Å². The minimum Gasteiger partial charge on any atom is -0.457 e. The van der Waals surface area contributed by atoms with Crippen LogP contribution in [0, 0.1) is 6.92 Å². The summed E-state index contributed by atoms with van der Waals surface area (Å²) in [5.74, 6) is -0.477. The molecule has 0 aromatic heterocycles. The monoisotopic (exact) mass is 361 g/mol. The van der Waals surface area contributed by atoms with Crippen LogP contribution in [0.15, 0.2) is 53.4 Å². The van der Waals surface area contributed by atoms with Crippen molar-refractivity contribution in [1.82, 2.24) is 4.31 Å². The maximum atomic E-state index is 12.4. The van der Waals surface area contributed by atoms with Crippen molar-refractivity contribution in [3.63, 3.8) is 0 Å². The number of carbonyl (C=O) groups excluding carboxylic acids is 1. The van der Waals surface area contributed by atoms with Crippen LogP contribution in [0.1, 0.15) is 35.3 Å². The summed E-state index contributed by atoms with van der Waals surface area (Å²) in [4.78, 5) is 12.3. The van der Waals surface area contributed by atoms with Gasteiger partial charge in [-0.3, -0.25) is 0 Å². The largest absolute Gasteiger partial charge is 0.457 e. The molecule has 2 aromatic rings. The molecule has 2 aromatic carbocycles. The molecular formula is C19H23NO4S. The van der Waals surface area contributed by atoms with Crippen LogP contribution in [0.4, 0.5) is 0 Å². The van der Waals surface area contributed by atoms with Crippen LogP contribution in [0.3, 0.4) is 0 Å². The first-order valence-corrected chi connectivity index (χ1v) is 9.66. The molecule has 25 heavy (non-hydrogen) atoms. The lowest BCUT2D eigenvalue weighted by Crippen LogP contribution is -2.30. The first-order chi connectivity index (χ1) is 11.9. The van der Waals surface area contributed by atoms with Crippen LogP contribution in [0.25, 0.3) is 0 Å². The Kier molecular flexibility index (Phi) is 6.33. The highest BCUT2D eigenvalue weighted by Crippen LogP contribution is 2.17.